The average Bonchev–Trinajstić information content (AvgIpc) is 3.16. The number of hydrogen-bond acceptors (Lipinski definition) is 5. The summed E-state index contributed by atoms with van der Waals surface area (Å²) < 4.78 is 4.40. The molecule has 2 aromatic rings. The lowest BCUT2D eigenvalue weighted by Gasteiger charge is -2.36. The van der Waals surface area contributed by atoms with Crippen LogP contribution in [0, 0.1) is 13.8 Å². The van der Waals surface area contributed by atoms with Crippen LogP contribution in [-0.4, -0.2) is 60.0 Å². The number of aromatic nitrogens is 2. The minimum atomic E-state index is 0. The standard InChI is InChI=1S/C20H30N6S.HI/c1-5-18-23-20(27-24-18)26-12-10-25(11-13-26)19(21-4)22-9-8-17-7-6-15(2)14-16(17)3;/h6-7,14H,5,8-13H2,1-4H3,(H,21,22);1H. The fraction of sp³-hybridized carbons (Fsp3) is 0.550. The van der Waals surface area contributed by atoms with Crippen LogP contribution in [0.3, 0.4) is 0 Å². The third-order valence-corrected chi connectivity index (χ3v) is 5.83. The first kappa shape index (κ1) is 22.9. The molecule has 3 rings (SSSR count). The zero-order valence-electron chi connectivity index (χ0n) is 17.2. The first-order valence-electron chi connectivity index (χ1n) is 9.70. The highest BCUT2D eigenvalue weighted by atomic mass is 127. The maximum absolute atomic E-state index is 4.61. The molecule has 0 radical (unpaired) electrons. The molecule has 1 aromatic heterocycles. The molecule has 154 valence electrons. The number of guanidine groups is 1. The van der Waals surface area contributed by atoms with E-state index >= 15 is 0 Å². The molecule has 6 nitrogen and oxygen atoms in total. The first-order valence-corrected chi connectivity index (χ1v) is 10.5. The predicted octanol–water partition coefficient (Wildman–Crippen LogP) is 3.28. The van der Waals surface area contributed by atoms with Gasteiger partial charge in [-0.15, -0.1) is 24.0 Å². The van der Waals surface area contributed by atoms with Gasteiger partial charge >= 0.3 is 0 Å². The number of anilines is 1. The van der Waals surface area contributed by atoms with Crippen molar-refractivity contribution in [2.75, 3.05) is 44.7 Å². The van der Waals surface area contributed by atoms with E-state index in [0.29, 0.717) is 0 Å². The molecule has 0 aliphatic carbocycles. The normalized spacial score (nSPS) is 14.8. The van der Waals surface area contributed by atoms with Gasteiger partial charge in [-0.2, -0.15) is 4.37 Å². The molecule has 1 aliphatic rings. The lowest BCUT2D eigenvalue weighted by atomic mass is 10.0. The van der Waals surface area contributed by atoms with E-state index in [1.54, 1.807) is 0 Å². The van der Waals surface area contributed by atoms with Crippen molar-refractivity contribution >= 4 is 46.6 Å². The van der Waals surface area contributed by atoms with Crippen molar-refractivity contribution in [3.05, 3.63) is 40.7 Å². The molecule has 0 amide bonds. The summed E-state index contributed by atoms with van der Waals surface area (Å²) in [6.07, 6.45) is 1.91. The third kappa shape index (κ3) is 5.79. The second kappa shape index (κ2) is 10.9. The van der Waals surface area contributed by atoms with Crippen LogP contribution >= 0.6 is 35.5 Å². The zero-order chi connectivity index (χ0) is 19.2. The summed E-state index contributed by atoms with van der Waals surface area (Å²) in [7, 11) is 1.87. The Morgan fingerprint density at radius 1 is 1.21 bits per heavy atom. The highest BCUT2D eigenvalue weighted by Crippen LogP contribution is 2.19. The van der Waals surface area contributed by atoms with Crippen molar-refractivity contribution in [3.8, 4) is 0 Å². The van der Waals surface area contributed by atoms with Crippen LogP contribution in [0.4, 0.5) is 5.13 Å². The van der Waals surface area contributed by atoms with Crippen molar-refractivity contribution < 1.29 is 0 Å². The van der Waals surface area contributed by atoms with Gasteiger partial charge < -0.3 is 15.1 Å². The lowest BCUT2D eigenvalue weighted by molar-refractivity contribution is 0.372. The summed E-state index contributed by atoms with van der Waals surface area (Å²) in [5.41, 5.74) is 4.08. The van der Waals surface area contributed by atoms with Crippen LogP contribution in [0.25, 0.3) is 0 Å². The number of halogens is 1. The molecule has 8 heteroatoms. The van der Waals surface area contributed by atoms with Crippen molar-refractivity contribution in [2.24, 2.45) is 4.99 Å². The number of nitrogens with one attached hydrogen (secondary N) is 1. The molecule has 0 atom stereocenters. The Morgan fingerprint density at radius 3 is 2.57 bits per heavy atom. The Bertz CT molecular complexity index is 783. The molecule has 1 fully saturated rings. The second-order valence-electron chi connectivity index (χ2n) is 6.97. The van der Waals surface area contributed by atoms with E-state index in [2.05, 4.69) is 68.4 Å². The third-order valence-electron chi connectivity index (χ3n) is 5.01. The van der Waals surface area contributed by atoms with Crippen molar-refractivity contribution in [1.29, 1.82) is 0 Å². The summed E-state index contributed by atoms with van der Waals surface area (Å²) >= 11 is 1.51. The lowest BCUT2D eigenvalue weighted by Crippen LogP contribution is -2.52. The zero-order valence-corrected chi connectivity index (χ0v) is 20.4. The van der Waals surface area contributed by atoms with Crippen LogP contribution < -0.4 is 10.2 Å². The van der Waals surface area contributed by atoms with E-state index in [0.717, 1.165) is 62.5 Å². The summed E-state index contributed by atoms with van der Waals surface area (Å²) in [5.74, 6) is 1.94. The first-order chi connectivity index (χ1) is 13.1. The Kier molecular flexibility index (Phi) is 8.94. The molecular weight excluding hydrogens is 483 g/mol. The van der Waals surface area contributed by atoms with Crippen LogP contribution in [-0.2, 0) is 12.8 Å². The minimum Gasteiger partial charge on any atom is -0.356 e. The van der Waals surface area contributed by atoms with E-state index in [-0.39, 0.29) is 24.0 Å². The second-order valence-corrected chi connectivity index (χ2v) is 7.71. The van der Waals surface area contributed by atoms with Crippen molar-refractivity contribution in [1.82, 2.24) is 19.6 Å². The monoisotopic (exact) mass is 514 g/mol. The summed E-state index contributed by atoms with van der Waals surface area (Å²) in [5, 5.41) is 4.57. The topological polar surface area (TPSA) is 56.7 Å². The highest BCUT2D eigenvalue weighted by Gasteiger charge is 2.21. The molecule has 1 saturated heterocycles. The number of aryl methyl sites for hydroxylation is 3. The largest absolute Gasteiger partial charge is 0.356 e. The van der Waals surface area contributed by atoms with Gasteiger partial charge in [0.25, 0.3) is 0 Å². The van der Waals surface area contributed by atoms with E-state index in [4.69, 9.17) is 0 Å². The van der Waals surface area contributed by atoms with Gasteiger partial charge in [-0.3, -0.25) is 4.99 Å². The van der Waals surface area contributed by atoms with Gasteiger partial charge in [-0.05, 0) is 31.4 Å². The molecule has 0 unspecified atom stereocenters. The van der Waals surface area contributed by atoms with Gasteiger partial charge in [0.15, 0.2) is 5.96 Å². The molecule has 0 spiro atoms. The van der Waals surface area contributed by atoms with Gasteiger partial charge in [0, 0.05) is 57.7 Å². The van der Waals surface area contributed by atoms with Gasteiger partial charge in [-0.25, -0.2) is 4.98 Å². The predicted molar refractivity (Wildman–Crippen MR) is 129 cm³/mol. The van der Waals surface area contributed by atoms with Crippen LogP contribution in [0.5, 0.6) is 0 Å². The average molecular weight is 514 g/mol. The van der Waals surface area contributed by atoms with Gasteiger partial charge in [0.1, 0.15) is 5.82 Å². The van der Waals surface area contributed by atoms with Gasteiger partial charge in [-0.1, -0.05) is 30.7 Å². The van der Waals surface area contributed by atoms with E-state index in [9.17, 15) is 0 Å². The molecule has 1 N–H and O–H groups in total. The van der Waals surface area contributed by atoms with E-state index in [1.807, 2.05) is 7.05 Å². The summed E-state index contributed by atoms with van der Waals surface area (Å²) in [4.78, 5) is 13.8. The van der Waals surface area contributed by atoms with Crippen LogP contribution in [0.1, 0.15) is 29.4 Å². The highest BCUT2D eigenvalue weighted by molar-refractivity contribution is 14.0. The Labute approximate surface area is 189 Å². The van der Waals surface area contributed by atoms with E-state index < -0.39 is 0 Å². The number of aliphatic imine (C=N–C) groups is 1. The molecular formula is C20H31IN6S. The minimum absolute atomic E-state index is 0. The number of rotatable bonds is 5. The van der Waals surface area contributed by atoms with Crippen LogP contribution in [0.2, 0.25) is 0 Å². The molecule has 1 aliphatic heterocycles. The maximum Gasteiger partial charge on any atom is 0.205 e. The summed E-state index contributed by atoms with van der Waals surface area (Å²) in [6.45, 7) is 11.1. The molecule has 1 aromatic carbocycles. The SMILES string of the molecule is CCc1nsc(N2CCN(C(=NC)NCCc3ccc(C)cc3C)CC2)n1.I. The number of hydrogen-bond donors (Lipinski definition) is 1. The smallest absolute Gasteiger partial charge is 0.205 e. The molecule has 2 heterocycles. The van der Waals surface area contributed by atoms with Crippen molar-refractivity contribution in [2.45, 2.75) is 33.6 Å². The van der Waals surface area contributed by atoms with Gasteiger partial charge in [0.2, 0.25) is 5.13 Å². The number of benzene rings is 1. The van der Waals surface area contributed by atoms with E-state index in [1.165, 1.54) is 28.2 Å². The fourth-order valence-electron chi connectivity index (χ4n) is 3.39. The Hall–Kier alpha value is -1.42. The fourth-order valence-corrected chi connectivity index (χ4v) is 4.20. The number of piperazine rings is 1. The maximum atomic E-state index is 4.61. The quantitative estimate of drug-likeness (QED) is 0.377. The van der Waals surface area contributed by atoms with Gasteiger partial charge in [0.05, 0.1) is 0 Å². The Balaban J connectivity index is 0.00000280. The Morgan fingerprint density at radius 2 is 1.96 bits per heavy atom. The number of nitrogens with zero attached hydrogens (tertiary/aromatic N) is 5. The molecule has 0 saturated carbocycles. The molecule has 0 bridgehead atoms. The van der Waals surface area contributed by atoms with Crippen molar-refractivity contribution in [3.63, 3.8) is 0 Å². The van der Waals surface area contributed by atoms with Crippen LogP contribution in [0.15, 0.2) is 23.2 Å². The molecule has 28 heavy (non-hydrogen) atoms. The summed E-state index contributed by atoms with van der Waals surface area (Å²) in [6, 6.07) is 6.68.